The summed E-state index contributed by atoms with van der Waals surface area (Å²) in [4.78, 5) is 0. The minimum atomic E-state index is -3.38. The Hall–Kier alpha value is 0.205. The van der Waals surface area contributed by atoms with Gasteiger partial charge in [-0.25, -0.2) is 0 Å². The lowest BCUT2D eigenvalue weighted by Gasteiger charge is -2.27. The fourth-order valence-corrected chi connectivity index (χ4v) is 3.49. The van der Waals surface area contributed by atoms with Gasteiger partial charge in [0, 0.05) is 47.2 Å². The Morgan fingerprint density at radius 1 is 1.12 bits per heavy atom. The molecule has 2 N–H and O–H groups in total. The molecule has 1 fully saturated rings. The van der Waals surface area contributed by atoms with Crippen molar-refractivity contribution in [3.05, 3.63) is 0 Å². The van der Waals surface area contributed by atoms with Gasteiger partial charge in [0.2, 0.25) is 0 Å². The van der Waals surface area contributed by atoms with E-state index in [2.05, 4.69) is 0 Å². The predicted octanol–water partition coefficient (Wildman–Crippen LogP) is 0.579. The third-order valence-electron chi connectivity index (χ3n) is 3.87. The molecule has 4 unspecified atom stereocenters. The molecule has 1 heterocycles. The topological polar surface area (TPSA) is 125 Å². The number of nitrogens with two attached hydrogens (primary N) is 1. The summed E-state index contributed by atoms with van der Waals surface area (Å²) < 4.78 is 61.2. The number of hydrogen-bond acceptors (Lipinski definition) is 10. The third kappa shape index (κ3) is 7.32. The highest BCUT2D eigenvalue weighted by atomic mass is 31.2. The van der Waals surface area contributed by atoms with Gasteiger partial charge in [-0.3, -0.25) is 13.7 Å². The average Bonchev–Trinajstić information content (AvgIpc) is 2.89. The molecule has 0 aliphatic carbocycles. The van der Waals surface area contributed by atoms with Gasteiger partial charge in [0.1, 0.15) is 26.2 Å². The molecule has 13 heteroatoms. The van der Waals surface area contributed by atoms with Gasteiger partial charge in [-0.1, -0.05) is 0 Å². The van der Waals surface area contributed by atoms with Crippen LogP contribution in [0.1, 0.15) is 0 Å². The second kappa shape index (κ2) is 10.7. The van der Waals surface area contributed by atoms with Crippen LogP contribution in [-0.2, 0) is 41.4 Å². The van der Waals surface area contributed by atoms with Crippen molar-refractivity contribution >= 4 is 23.0 Å². The smallest absolute Gasteiger partial charge is 0.327 e. The molecule has 1 aliphatic rings. The highest BCUT2D eigenvalue weighted by molar-refractivity contribution is 7.53. The summed E-state index contributed by atoms with van der Waals surface area (Å²) in [6, 6.07) is -0.889. The molecule has 7 atom stereocenters. The molecule has 0 spiro atoms. The van der Waals surface area contributed by atoms with E-state index in [1.165, 1.54) is 34.7 Å². The molecule has 2 radical (unpaired) electrons. The summed E-state index contributed by atoms with van der Waals surface area (Å²) in [7, 11) is 3.38. The highest BCUT2D eigenvalue weighted by Crippen LogP contribution is 2.48. The number of hydrogen-bond donors (Lipinski definition) is 1. The molecular formula is C13H28BNO9P2. The molecule has 0 bridgehead atoms. The SMILES string of the molecule is [B][C@@H]1O[C@H](COP(C)(=O)OC)[C@H](OP(C)(=O)OC)C1OCC(CN)OC. The fourth-order valence-electron chi connectivity index (χ4n) is 2.18. The van der Waals surface area contributed by atoms with Gasteiger partial charge in [-0.2, -0.15) is 0 Å². The van der Waals surface area contributed by atoms with Gasteiger partial charge in [-0.15, -0.1) is 0 Å². The van der Waals surface area contributed by atoms with Crippen LogP contribution >= 0.6 is 15.2 Å². The minimum absolute atomic E-state index is 0.132. The highest BCUT2D eigenvalue weighted by Gasteiger charge is 2.47. The van der Waals surface area contributed by atoms with Crippen LogP contribution in [0.25, 0.3) is 0 Å². The van der Waals surface area contributed by atoms with Crippen molar-refractivity contribution in [2.45, 2.75) is 30.4 Å². The van der Waals surface area contributed by atoms with E-state index < -0.39 is 39.5 Å². The lowest BCUT2D eigenvalue weighted by molar-refractivity contribution is -0.0585. The largest absolute Gasteiger partial charge is 0.378 e. The van der Waals surface area contributed by atoms with E-state index in [0.717, 1.165) is 0 Å². The molecule has 1 saturated heterocycles. The van der Waals surface area contributed by atoms with Gasteiger partial charge in [0.15, 0.2) is 0 Å². The normalized spacial score (nSPS) is 32.1. The van der Waals surface area contributed by atoms with E-state index in [1.807, 2.05) is 0 Å². The Balaban J connectivity index is 2.88. The maximum Gasteiger partial charge on any atom is 0.327 e. The fraction of sp³-hybridized carbons (Fsp3) is 1.00. The molecule has 0 aromatic carbocycles. The van der Waals surface area contributed by atoms with Crippen molar-refractivity contribution in [3.8, 4) is 0 Å². The maximum atomic E-state index is 12.3. The second-order valence-corrected chi connectivity index (χ2v) is 10.1. The molecule has 152 valence electrons. The van der Waals surface area contributed by atoms with Gasteiger partial charge >= 0.3 is 15.2 Å². The standard InChI is InChI=1S/C13H28BNO9P2/c1-18-9(6-15)7-21-12-11(24-26(5,17)20-3)10(23-13(12)14)8-22-25(4,16)19-2/h9-13H,6-8,15H2,1-5H3/t9?,10-,11+,12?,13-,25?,26?/m1/s1. The molecule has 0 aromatic rings. The van der Waals surface area contributed by atoms with Crippen LogP contribution < -0.4 is 5.73 Å². The van der Waals surface area contributed by atoms with Crippen LogP contribution in [0.3, 0.4) is 0 Å². The lowest BCUT2D eigenvalue weighted by Crippen LogP contribution is -2.41. The number of ether oxygens (including phenoxy) is 3. The predicted molar refractivity (Wildman–Crippen MR) is 95.9 cm³/mol. The Kier molecular flexibility index (Phi) is 9.95. The van der Waals surface area contributed by atoms with E-state index in [9.17, 15) is 9.13 Å². The zero-order chi connectivity index (χ0) is 20.0. The molecule has 1 rings (SSSR count). The molecule has 0 amide bonds. The number of rotatable bonds is 12. The lowest BCUT2D eigenvalue weighted by atomic mass is 9.93. The summed E-state index contributed by atoms with van der Waals surface area (Å²) in [5.74, 6) is 0. The Morgan fingerprint density at radius 2 is 1.73 bits per heavy atom. The second-order valence-electron chi connectivity index (χ2n) is 5.80. The maximum absolute atomic E-state index is 12.3. The summed E-state index contributed by atoms with van der Waals surface area (Å²) in [5, 5.41) is 0. The van der Waals surface area contributed by atoms with E-state index in [-0.39, 0.29) is 25.9 Å². The van der Waals surface area contributed by atoms with Gasteiger partial charge in [0.05, 0.1) is 19.3 Å². The first kappa shape index (κ1) is 24.2. The Bertz CT molecular complexity index is 522. The summed E-state index contributed by atoms with van der Waals surface area (Å²) in [5.41, 5.74) is 5.57. The molecule has 0 aromatic heterocycles. The molecule has 26 heavy (non-hydrogen) atoms. The first-order valence-electron chi connectivity index (χ1n) is 7.94. The molecular weight excluding hydrogens is 387 g/mol. The average molecular weight is 415 g/mol. The summed E-state index contributed by atoms with van der Waals surface area (Å²) in [6.45, 7) is 2.84. The summed E-state index contributed by atoms with van der Waals surface area (Å²) >= 11 is 0. The third-order valence-corrected chi connectivity index (χ3v) is 6.44. The van der Waals surface area contributed by atoms with Crippen LogP contribution in [-0.4, -0.2) is 92.7 Å². The van der Waals surface area contributed by atoms with Gasteiger partial charge in [0.25, 0.3) is 0 Å². The number of methoxy groups -OCH3 is 1. The van der Waals surface area contributed by atoms with Crippen LogP contribution in [0.15, 0.2) is 0 Å². The first-order valence-corrected chi connectivity index (χ1v) is 11.9. The van der Waals surface area contributed by atoms with E-state index >= 15 is 0 Å². The van der Waals surface area contributed by atoms with Gasteiger partial charge < -0.3 is 33.5 Å². The van der Waals surface area contributed by atoms with E-state index in [1.54, 1.807) is 0 Å². The molecule has 1 aliphatic heterocycles. The molecule has 0 saturated carbocycles. The van der Waals surface area contributed by atoms with Gasteiger partial charge in [-0.05, 0) is 0 Å². The molecule has 10 nitrogen and oxygen atoms in total. The van der Waals surface area contributed by atoms with Crippen molar-refractivity contribution in [1.29, 1.82) is 0 Å². The van der Waals surface area contributed by atoms with Crippen molar-refractivity contribution in [2.75, 3.05) is 54.4 Å². The Morgan fingerprint density at radius 3 is 2.23 bits per heavy atom. The zero-order valence-electron chi connectivity index (χ0n) is 15.7. The van der Waals surface area contributed by atoms with Crippen molar-refractivity contribution in [2.24, 2.45) is 5.73 Å². The van der Waals surface area contributed by atoms with E-state index in [4.69, 9.17) is 45.9 Å². The monoisotopic (exact) mass is 415 g/mol. The van der Waals surface area contributed by atoms with Crippen LogP contribution in [0.5, 0.6) is 0 Å². The van der Waals surface area contributed by atoms with Crippen molar-refractivity contribution in [1.82, 2.24) is 0 Å². The van der Waals surface area contributed by atoms with Crippen LogP contribution in [0.4, 0.5) is 0 Å². The van der Waals surface area contributed by atoms with Crippen molar-refractivity contribution < 1.29 is 41.4 Å². The zero-order valence-corrected chi connectivity index (χ0v) is 17.5. The van der Waals surface area contributed by atoms with Crippen LogP contribution in [0.2, 0.25) is 0 Å². The summed E-state index contributed by atoms with van der Waals surface area (Å²) in [6.07, 6.45) is -2.80. The van der Waals surface area contributed by atoms with E-state index in [0.29, 0.717) is 0 Å². The quantitative estimate of drug-likeness (QED) is 0.358. The van der Waals surface area contributed by atoms with Crippen LogP contribution in [0, 0.1) is 0 Å². The first-order chi connectivity index (χ1) is 12.1. The Labute approximate surface area is 155 Å². The van der Waals surface area contributed by atoms with Crippen molar-refractivity contribution in [3.63, 3.8) is 0 Å². The minimum Gasteiger partial charge on any atom is -0.378 e.